The predicted molar refractivity (Wildman–Crippen MR) is 141 cm³/mol. The molecule has 1 aliphatic rings. The Hall–Kier alpha value is -4.01. The number of carbonyl (C=O) groups is 2. The van der Waals surface area contributed by atoms with Gasteiger partial charge < -0.3 is 15.2 Å². The summed E-state index contributed by atoms with van der Waals surface area (Å²) in [6.45, 7) is 7.42. The molecule has 1 saturated heterocycles. The number of hydrogen-bond acceptors (Lipinski definition) is 5. The fourth-order valence-corrected chi connectivity index (χ4v) is 5.16. The first-order valence-corrected chi connectivity index (χ1v) is 12.8. The Labute approximate surface area is 216 Å². The molecule has 0 atom stereocenters. The van der Waals surface area contributed by atoms with E-state index in [1.54, 1.807) is 11.0 Å². The number of aryl methyl sites for hydroxylation is 1. The van der Waals surface area contributed by atoms with Crippen molar-refractivity contribution in [1.82, 2.24) is 34.9 Å². The summed E-state index contributed by atoms with van der Waals surface area (Å²) >= 11 is 0. The molecule has 0 spiro atoms. The van der Waals surface area contributed by atoms with E-state index in [9.17, 15) is 9.59 Å². The Morgan fingerprint density at radius 1 is 1.14 bits per heavy atom. The lowest BCUT2D eigenvalue weighted by Crippen LogP contribution is -2.49. The van der Waals surface area contributed by atoms with Crippen molar-refractivity contribution in [2.75, 3.05) is 19.6 Å². The maximum atomic E-state index is 13.2. The van der Waals surface area contributed by atoms with Crippen molar-refractivity contribution in [1.29, 1.82) is 0 Å². The van der Waals surface area contributed by atoms with Gasteiger partial charge in [-0.15, -0.1) is 0 Å². The van der Waals surface area contributed by atoms with E-state index < -0.39 is 5.54 Å². The van der Waals surface area contributed by atoms with Crippen LogP contribution in [0.5, 0.6) is 0 Å². The highest BCUT2D eigenvalue weighted by atomic mass is 16.2. The number of para-hydroxylation sites is 1. The molecule has 4 aromatic rings. The number of H-pyrrole nitrogens is 1. The van der Waals surface area contributed by atoms with Crippen molar-refractivity contribution in [3.8, 4) is 0 Å². The monoisotopic (exact) mass is 499 g/mol. The van der Waals surface area contributed by atoms with E-state index >= 15 is 0 Å². The van der Waals surface area contributed by atoms with Gasteiger partial charge in [0.2, 0.25) is 5.91 Å². The standard InChI is InChI=1S/C28H33N7O2/c1-19-8-9-23(26(36)30-13-10-21-16-31-24-7-5-4-6-22(21)24)25(33-19)20-11-14-34(15-12-20)27(37)28(2,3)35-18-29-17-32-35/h4-9,16-18,20,31H,10-15H2,1-3H3,(H,30,36). The SMILES string of the molecule is Cc1ccc(C(=O)NCCc2c[nH]c3ccccc23)c(C2CCN(C(=O)C(C)(C)n3cncn3)CC2)n1. The molecular weight excluding hydrogens is 466 g/mol. The third-order valence-corrected chi connectivity index (χ3v) is 7.35. The molecule has 0 aliphatic carbocycles. The first-order chi connectivity index (χ1) is 17.8. The summed E-state index contributed by atoms with van der Waals surface area (Å²) < 4.78 is 1.60. The van der Waals surface area contributed by atoms with Crippen molar-refractivity contribution >= 4 is 22.7 Å². The molecule has 9 heteroatoms. The summed E-state index contributed by atoms with van der Waals surface area (Å²) in [5.74, 6) is 0.0323. The van der Waals surface area contributed by atoms with E-state index in [2.05, 4.69) is 32.5 Å². The van der Waals surface area contributed by atoms with Gasteiger partial charge in [0.15, 0.2) is 0 Å². The Morgan fingerprint density at radius 2 is 1.92 bits per heavy atom. The lowest BCUT2D eigenvalue weighted by atomic mass is 9.89. The molecule has 0 radical (unpaired) electrons. The second-order valence-electron chi connectivity index (χ2n) is 10.2. The quantitative estimate of drug-likeness (QED) is 0.404. The molecular formula is C28H33N7O2. The molecule has 3 aromatic heterocycles. The number of amides is 2. The lowest BCUT2D eigenvalue weighted by Gasteiger charge is -2.37. The van der Waals surface area contributed by atoms with E-state index in [1.165, 1.54) is 17.3 Å². The van der Waals surface area contributed by atoms with Crippen molar-refractivity contribution in [3.05, 3.63) is 77.8 Å². The number of rotatable bonds is 7. The lowest BCUT2D eigenvalue weighted by molar-refractivity contribution is -0.140. The Balaban J connectivity index is 1.23. The molecule has 2 amide bonds. The average Bonchev–Trinajstić information content (AvgIpc) is 3.60. The molecule has 0 saturated carbocycles. The van der Waals surface area contributed by atoms with Crippen molar-refractivity contribution in [3.63, 3.8) is 0 Å². The van der Waals surface area contributed by atoms with E-state index in [-0.39, 0.29) is 17.7 Å². The van der Waals surface area contributed by atoms with Crippen LogP contribution in [0.4, 0.5) is 0 Å². The number of nitrogens with one attached hydrogen (secondary N) is 2. The number of hydrogen-bond donors (Lipinski definition) is 2. The van der Waals surface area contributed by atoms with Gasteiger partial charge in [-0.05, 0) is 63.8 Å². The highest BCUT2D eigenvalue weighted by molar-refractivity contribution is 5.95. The Bertz CT molecular complexity index is 1400. The fraction of sp³-hybridized carbons (Fsp3) is 0.393. The van der Waals surface area contributed by atoms with Gasteiger partial charge in [-0.25, -0.2) is 9.67 Å². The van der Waals surface area contributed by atoms with Gasteiger partial charge in [-0.1, -0.05) is 18.2 Å². The zero-order valence-electron chi connectivity index (χ0n) is 21.6. The van der Waals surface area contributed by atoms with Gasteiger partial charge in [0.1, 0.15) is 18.2 Å². The first kappa shape index (κ1) is 24.7. The van der Waals surface area contributed by atoms with Crippen molar-refractivity contribution in [2.24, 2.45) is 0 Å². The van der Waals surface area contributed by atoms with Crippen LogP contribution >= 0.6 is 0 Å². The van der Waals surface area contributed by atoms with Crippen molar-refractivity contribution in [2.45, 2.75) is 51.5 Å². The average molecular weight is 500 g/mol. The number of carbonyl (C=O) groups excluding carboxylic acids is 2. The number of likely N-dealkylation sites (tertiary alicyclic amines) is 1. The molecule has 0 bridgehead atoms. The van der Waals surface area contributed by atoms with Crippen LogP contribution in [0.2, 0.25) is 0 Å². The van der Waals surface area contributed by atoms with Crippen LogP contribution in [-0.4, -0.2) is 61.1 Å². The fourth-order valence-electron chi connectivity index (χ4n) is 5.16. The third-order valence-electron chi connectivity index (χ3n) is 7.35. The molecule has 1 fully saturated rings. The van der Waals surface area contributed by atoms with Crippen LogP contribution in [0, 0.1) is 6.92 Å². The minimum Gasteiger partial charge on any atom is -0.361 e. The molecule has 4 heterocycles. The largest absolute Gasteiger partial charge is 0.361 e. The summed E-state index contributed by atoms with van der Waals surface area (Å²) in [5, 5.41) is 8.44. The molecule has 1 aliphatic heterocycles. The van der Waals surface area contributed by atoms with Crippen LogP contribution < -0.4 is 5.32 Å². The van der Waals surface area contributed by atoms with Crippen LogP contribution in [0.1, 0.15) is 59.9 Å². The van der Waals surface area contributed by atoms with Gasteiger partial charge in [0.25, 0.3) is 5.91 Å². The highest BCUT2D eigenvalue weighted by Gasteiger charge is 2.37. The smallest absolute Gasteiger partial charge is 0.253 e. The summed E-state index contributed by atoms with van der Waals surface area (Å²) in [6, 6.07) is 11.9. The molecule has 2 N–H and O–H groups in total. The number of piperidine rings is 1. The molecule has 192 valence electrons. The maximum absolute atomic E-state index is 13.2. The van der Waals surface area contributed by atoms with Crippen LogP contribution in [-0.2, 0) is 16.8 Å². The van der Waals surface area contributed by atoms with Crippen LogP contribution in [0.15, 0.2) is 55.2 Å². The number of fused-ring (bicyclic) bond motifs is 1. The van der Waals surface area contributed by atoms with E-state index in [0.29, 0.717) is 25.2 Å². The number of benzene rings is 1. The van der Waals surface area contributed by atoms with Crippen LogP contribution in [0.25, 0.3) is 10.9 Å². The van der Waals surface area contributed by atoms with Gasteiger partial charge in [-0.3, -0.25) is 14.6 Å². The zero-order valence-corrected chi connectivity index (χ0v) is 21.6. The van der Waals surface area contributed by atoms with Gasteiger partial charge in [0, 0.05) is 48.3 Å². The summed E-state index contributed by atoms with van der Waals surface area (Å²) in [5.41, 5.74) is 3.81. The Kier molecular flexibility index (Phi) is 6.78. The zero-order chi connectivity index (χ0) is 26.0. The third kappa shape index (κ3) is 4.98. The van der Waals surface area contributed by atoms with E-state index in [0.717, 1.165) is 36.2 Å². The number of aromatic nitrogens is 5. The van der Waals surface area contributed by atoms with Gasteiger partial charge in [0.05, 0.1) is 11.3 Å². The Morgan fingerprint density at radius 3 is 2.68 bits per heavy atom. The predicted octanol–water partition coefficient (Wildman–Crippen LogP) is 3.58. The number of nitrogens with zero attached hydrogens (tertiary/aromatic N) is 5. The van der Waals surface area contributed by atoms with E-state index in [4.69, 9.17) is 4.98 Å². The molecule has 0 unspecified atom stereocenters. The second kappa shape index (κ2) is 10.2. The van der Waals surface area contributed by atoms with Gasteiger partial charge >= 0.3 is 0 Å². The number of aromatic amines is 1. The molecule has 1 aromatic carbocycles. The highest BCUT2D eigenvalue weighted by Crippen LogP contribution is 2.31. The van der Waals surface area contributed by atoms with Crippen molar-refractivity contribution < 1.29 is 9.59 Å². The summed E-state index contributed by atoms with van der Waals surface area (Å²) in [4.78, 5) is 40.4. The van der Waals surface area contributed by atoms with Gasteiger partial charge in [-0.2, -0.15) is 5.10 Å². The molecule has 37 heavy (non-hydrogen) atoms. The molecule has 9 nitrogen and oxygen atoms in total. The maximum Gasteiger partial charge on any atom is 0.253 e. The van der Waals surface area contributed by atoms with E-state index in [1.807, 2.05) is 56.1 Å². The minimum atomic E-state index is -0.805. The first-order valence-electron chi connectivity index (χ1n) is 12.8. The molecule has 5 rings (SSSR count). The summed E-state index contributed by atoms with van der Waals surface area (Å²) in [6.07, 6.45) is 7.28. The second-order valence-corrected chi connectivity index (χ2v) is 10.2. The minimum absolute atomic E-state index is 0.0175. The van der Waals surface area contributed by atoms with Crippen LogP contribution in [0.3, 0.4) is 0 Å². The number of pyridine rings is 1. The normalized spacial score (nSPS) is 14.7. The summed E-state index contributed by atoms with van der Waals surface area (Å²) in [7, 11) is 0. The topological polar surface area (TPSA) is 109 Å².